The van der Waals surface area contributed by atoms with E-state index >= 15 is 0 Å². The van der Waals surface area contributed by atoms with Gasteiger partial charge in [-0.15, -0.1) is 0 Å². The third kappa shape index (κ3) is 3.43. The first-order valence-corrected chi connectivity index (χ1v) is 11.3. The van der Waals surface area contributed by atoms with E-state index in [9.17, 15) is 15.0 Å². The Morgan fingerprint density at radius 2 is 2.00 bits per heavy atom. The topological polar surface area (TPSA) is 138 Å². The zero-order chi connectivity index (χ0) is 25.0. The van der Waals surface area contributed by atoms with E-state index in [-0.39, 0.29) is 29.7 Å². The van der Waals surface area contributed by atoms with Crippen molar-refractivity contribution in [2.24, 2.45) is 11.8 Å². The quantitative estimate of drug-likeness (QED) is 0.330. The van der Waals surface area contributed by atoms with Gasteiger partial charge in [0, 0.05) is 32.0 Å². The maximum atomic E-state index is 12.5. The highest BCUT2D eigenvalue weighted by molar-refractivity contribution is 5.84. The van der Waals surface area contributed by atoms with E-state index in [2.05, 4.69) is 37.4 Å². The van der Waals surface area contributed by atoms with Crippen molar-refractivity contribution in [1.29, 1.82) is 0 Å². The Morgan fingerprint density at radius 1 is 1.23 bits per heavy atom. The number of hydrogen-bond donors (Lipinski definition) is 4. The molecule has 0 spiro atoms. The van der Waals surface area contributed by atoms with Crippen molar-refractivity contribution in [2.75, 3.05) is 19.4 Å². The van der Waals surface area contributed by atoms with Crippen molar-refractivity contribution in [3.63, 3.8) is 0 Å². The van der Waals surface area contributed by atoms with Crippen LogP contribution in [0.15, 0.2) is 41.1 Å². The van der Waals surface area contributed by atoms with Gasteiger partial charge >= 0.3 is 0 Å². The summed E-state index contributed by atoms with van der Waals surface area (Å²) in [6.45, 7) is 3.29. The number of nitrogens with zero attached hydrogens (tertiary/aromatic N) is 4. The Labute approximate surface area is 201 Å². The van der Waals surface area contributed by atoms with Crippen LogP contribution in [0, 0.1) is 23.7 Å². The van der Waals surface area contributed by atoms with Crippen LogP contribution >= 0.6 is 0 Å². The molecule has 0 aliphatic heterocycles. The average molecular weight is 475 g/mol. The van der Waals surface area contributed by atoms with Crippen LogP contribution in [0.1, 0.15) is 31.9 Å². The zero-order valence-electron chi connectivity index (χ0n) is 19.8. The van der Waals surface area contributed by atoms with Crippen molar-refractivity contribution < 1.29 is 19.4 Å². The molecule has 3 heterocycles. The van der Waals surface area contributed by atoms with Gasteiger partial charge in [0.1, 0.15) is 11.2 Å². The van der Waals surface area contributed by atoms with Gasteiger partial charge < -0.3 is 25.3 Å². The minimum Gasteiger partial charge on any atom is -0.448 e. The molecule has 1 fully saturated rings. The van der Waals surface area contributed by atoms with Gasteiger partial charge in [-0.25, -0.2) is 15.0 Å². The van der Waals surface area contributed by atoms with Crippen LogP contribution in [-0.2, 0) is 10.5 Å². The fourth-order valence-corrected chi connectivity index (χ4v) is 5.15. The van der Waals surface area contributed by atoms with Crippen molar-refractivity contribution in [1.82, 2.24) is 24.8 Å². The van der Waals surface area contributed by atoms with E-state index in [1.165, 1.54) is 24.9 Å². The van der Waals surface area contributed by atoms with E-state index in [1.807, 2.05) is 37.3 Å². The Bertz CT molecular complexity index is 1480. The molecule has 10 nitrogen and oxygen atoms in total. The highest BCUT2D eigenvalue weighted by Gasteiger charge is 2.63. The van der Waals surface area contributed by atoms with Crippen molar-refractivity contribution in [3.8, 4) is 11.8 Å². The SMILES string of the molecule is CNC(=O)[C@H]1[C@H](C)C[C@@](O)(n2cnc3c(NC)nc(C#Cc4cc5ccccc5o4)nc32)[C@@]1(C)O. The number of carbonyl (C=O) groups is 1. The van der Waals surface area contributed by atoms with Crippen LogP contribution in [0.25, 0.3) is 22.1 Å². The molecule has 0 radical (unpaired) electrons. The maximum absolute atomic E-state index is 12.5. The van der Waals surface area contributed by atoms with E-state index in [0.29, 0.717) is 17.1 Å². The molecule has 180 valence electrons. The summed E-state index contributed by atoms with van der Waals surface area (Å²) in [7, 11) is 3.20. The molecule has 0 saturated heterocycles. The molecule has 35 heavy (non-hydrogen) atoms. The number of benzene rings is 1. The number of hydrogen-bond acceptors (Lipinski definition) is 8. The summed E-state index contributed by atoms with van der Waals surface area (Å²) in [5, 5.41) is 29.7. The van der Waals surface area contributed by atoms with Gasteiger partial charge in [-0.1, -0.05) is 25.1 Å². The number of nitrogens with one attached hydrogen (secondary N) is 2. The van der Waals surface area contributed by atoms with Crippen LogP contribution in [0.3, 0.4) is 0 Å². The number of amides is 1. The molecule has 4 atom stereocenters. The fraction of sp³-hybridized carbons (Fsp3) is 0.360. The average Bonchev–Trinajstić information content (AvgIpc) is 3.49. The zero-order valence-corrected chi connectivity index (χ0v) is 19.8. The molecule has 1 amide bonds. The second-order valence-corrected chi connectivity index (χ2v) is 9.07. The predicted octanol–water partition coefficient (Wildman–Crippen LogP) is 1.81. The predicted molar refractivity (Wildman–Crippen MR) is 129 cm³/mol. The Kier molecular flexibility index (Phi) is 5.27. The van der Waals surface area contributed by atoms with Crippen LogP contribution in [0.5, 0.6) is 0 Å². The first-order chi connectivity index (χ1) is 16.7. The summed E-state index contributed by atoms with van der Waals surface area (Å²) >= 11 is 0. The molecule has 1 aliphatic rings. The monoisotopic (exact) mass is 474 g/mol. The number of carbonyl (C=O) groups excluding carboxylic acids is 1. The van der Waals surface area contributed by atoms with E-state index in [1.54, 1.807) is 7.05 Å². The van der Waals surface area contributed by atoms with Crippen molar-refractivity contribution in [2.45, 2.75) is 31.6 Å². The Morgan fingerprint density at radius 3 is 2.71 bits per heavy atom. The molecule has 4 aromatic rings. The molecule has 1 aromatic carbocycles. The second kappa shape index (κ2) is 8.08. The van der Waals surface area contributed by atoms with Crippen LogP contribution < -0.4 is 10.6 Å². The summed E-state index contributed by atoms with van der Waals surface area (Å²) in [4.78, 5) is 25.9. The van der Waals surface area contributed by atoms with Gasteiger partial charge in [-0.2, -0.15) is 0 Å². The number of imidazole rings is 1. The van der Waals surface area contributed by atoms with E-state index < -0.39 is 17.2 Å². The van der Waals surface area contributed by atoms with Crippen LogP contribution in [-0.4, -0.2) is 55.3 Å². The molecule has 5 rings (SSSR count). The number of aliphatic hydroxyl groups is 2. The lowest BCUT2D eigenvalue weighted by molar-refractivity contribution is -0.189. The third-order valence-electron chi connectivity index (χ3n) is 6.88. The third-order valence-corrected chi connectivity index (χ3v) is 6.88. The van der Waals surface area contributed by atoms with Crippen molar-refractivity contribution in [3.05, 3.63) is 48.2 Å². The lowest BCUT2D eigenvalue weighted by Crippen LogP contribution is -2.55. The van der Waals surface area contributed by atoms with Gasteiger partial charge in [-0.05, 0) is 30.7 Å². The van der Waals surface area contributed by atoms with Crippen LogP contribution in [0.4, 0.5) is 5.82 Å². The van der Waals surface area contributed by atoms with Gasteiger partial charge in [0.25, 0.3) is 0 Å². The van der Waals surface area contributed by atoms with Gasteiger partial charge in [0.15, 0.2) is 28.5 Å². The lowest BCUT2D eigenvalue weighted by Gasteiger charge is -2.38. The highest BCUT2D eigenvalue weighted by Crippen LogP contribution is 2.51. The van der Waals surface area contributed by atoms with E-state index in [0.717, 1.165) is 11.0 Å². The summed E-state index contributed by atoms with van der Waals surface area (Å²) in [5.41, 5.74) is -2.20. The van der Waals surface area contributed by atoms with Crippen LogP contribution in [0.2, 0.25) is 0 Å². The molecule has 0 unspecified atom stereocenters. The number of aromatic nitrogens is 4. The standard InChI is InChI=1S/C25H26N6O4/c1-14-12-25(34,24(2,33)19(14)23(32)27-4)31-13-28-20-21(26-3)29-18(30-22(20)31)10-9-16-11-15-7-5-6-8-17(15)35-16/h5-8,11,13-14,19,33-34H,12H2,1-4H3,(H,27,32)(H,26,29,30)/t14-,19-,24+,25+/m1/s1. The smallest absolute Gasteiger partial charge is 0.226 e. The van der Waals surface area contributed by atoms with Gasteiger partial charge in [0.05, 0.1) is 12.2 Å². The molecule has 1 saturated carbocycles. The summed E-state index contributed by atoms with van der Waals surface area (Å²) in [6.07, 6.45) is 1.53. The van der Waals surface area contributed by atoms with Gasteiger partial charge in [0.2, 0.25) is 11.7 Å². The number of furan rings is 1. The first kappa shape index (κ1) is 22.8. The Hall–Kier alpha value is -3.94. The molecule has 4 N–H and O–H groups in total. The maximum Gasteiger partial charge on any atom is 0.226 e. The molecular weight excluding hydrogens is 448 g/mol. The molecule has 10 heteroatoms. The molecule has 3 aromatic heterocycles. The highest BCUT2D eigenvalue weighted by atomic mass is 16.4. The summed E-state index contributed by atoms with van der Waals surface area (Å²) in [6, 6.07) is 9.44. The fourth-order valence-electron chi connectivity index (χ4n) is 5.15. The molecule has 1 aliphatic carbocycles. The summed E-state index contributed by atoms with van der Waals surface area (Å²) < 4.78 is 7.16. The van der Waals surface area contributed by atoms with Gasteiger partial charge in [-0.3, -0.25) is 9.36 Å². The molecule has 0 bridgehead atoms. The number of para-hydroxylation sites is 1. The summed E-state index contributed by atoms with van der Waals surface area (Å²) in [5.74, 6) is 5.46. The minimum atomic E-state index is -1.83. The number of anilines is 1. The molecular formula is C25H26N6O4. The van der Waals surface area contributed by atoms with Crippen molar-refractivity contribution >= 4 is 33.9 Å². The Balaban J connectivity index is 1.61. The largest absolute Gasteiger partial charge is 0.448 e. The second-order valence-electron chi connectivity index (χ2n) is 9.07. The van der Waals surface area contributed by atoms with E-state index in [4.69, 9.17) is 4.42 Å². The minimum absolute atomic E-state index is 0.127. The number of fused-ring (bicyclic) bond motifs is 2. The normalized spacial score (nSPS) is 26.0. The number of rotatable bonds is 3. The lowest BCUT2D eigenvalue weighted by atomic mass is 9.84. The first-order valence-electron chi connectivity index (χ1n) is 11.3.